The van der Waals surface area contributed by atoms with Gasteiger partial charge in [-0.05, 0) is 38.5 Å². The second kappa shape index (κ2) is 9.77. The Morgan fingerprint density at radius 1 is 1.21 bits per heavy atom. The molecule has 3 N–H and O–H groups in total. The number of aliphatic carboxylic acids is 1. The van der Waals surface area contributed by atoms with Gasteiger partial charge in [-0.3, -0.25) is 9.59 Å². The van der Waals surface area contributed by atoms with Crippen molar-refractivity contribution in [1.29, 1.82) is 0 Å². The minimum Gasteiger partial charge on any atom is -0.481 e. The van der Waals surface area contributed by atoms with Crippen molar-refractivity contribution < 1.29 is 19.5 Å². The van der Waals surface area contributed by atoms with Crippen molar-refractivity contribution in [3.8, 4) is 0 Å². The summed E-state index contributed by atoms with van der Waals surface area (Å²) in [5, 5.41) is 13.9. The second-order valence-corrected chi connectivity index (χ2v) is 5.46. The van der Waals surface area contributed by atoms with Gasteiger partial charge in [0.05, 0.1) is 10.6 Å². The van der Waals surface area contributed by atoms with Crippen LogP contribution in [0.3, 0.4) is 0 Å². The molecule has 0 atom stereocenters. The van der Waals surface area contributed by atoms with Gasteiger partial charge in [-0.15, -0.1) is 0 Å². The summed E-state index contributed by atoms with van der Waals surface area (Å²) in [6.45, 7) is 5.21. The number of carbonyl (C=O) groups is 3. The number of halogens is 1. The first-order valence-electron chi connectivity index (χ1n) is 7.74. The van der Waals surface area contributed by atoms with Gasteiger partial charge in [0.25, 0.3) is 5.91 Å². The zero-order valence-corrected chi connectivity index (χ0v) is 14.5. The lowest BCUT2D eigenvalue weighted by Gasteiger charge is -2.19. The van der Waals surface area contributed by atoms with Gasteiger partial charge >= 0.3 is 12.0 Å². The van der Waals surface area contributed by atoms with Crippen LogP contribution in [0.5, 0.6) is 0 Å². The molecule has 24 heavy (non-hydrogen) atoms. The summed E-state index contributed by atoms with van der Waals surface area (Å²) in [7, 11) is 0. The van der Waals surface area contributed by atoms with E-state index in [1.807, 2.05) is 13.8 Å². The van der Waals surface area contributed by atoms with E-state index in [4.69, 9.17) is 16.7 Å². The molecule has 0 aliphatic rings. The molecule has 8 heteroatoms. The monoisotopic (exact) mass is 355 g/mol. The Hall–Kier alpha value is -2.28. The second-order valence-electron chi connectivity index (χ2n) is 5.05. The number of amides is 3. The summed E-state index contributed by atoms with van der Waals surface area (Å²) in [5.41, 5.74) is 0.833. The third-order valence-corrected chi connectivity index (χ3v) is 3.67. The lowest BCUT2D eigenvalue weighted by Crippen LogP contribution is -2.31. The number of benzene rings is 1. The molecule has 0 heterocycles. The summed E-state index contributed by atoms with van der Waals surface area (Å²) in [6, 6.07) is 4.22. The number of rotatable bonds is 8. The van der Waals surface area contributed by atoms with Gasteiger partial charge in [0.2, 0.25) is 0 Å². The first kappa shape index (κ1) is 19.8. The highest BCUT2D eigenvalue weighted by Crippen LogP contribution is 2.22. The van der Waals surface area contributed by atoms with Crippen molar-refractivity contribution in [3.63, 3.8) is 0 Å². The molecular weight excluding hydrogens is 334 g/mol. The van der Waals surface area contributed by atoms with E-state index in [0.717, 1.165) is 0 Å². The van der Waals surface area contributed by atoms with E-state index in [1.165, 1.54) is 6.07 Å². The SMILES string of the molecule is CCN(CC)C(=O)c1ccc(NC(=O)NCCCC(=O)O)cc1Cl. The Bertz CT molecular complexity index is 603. The van der Waals surface area contributed by atoms with Crippen molar-refractivity contribution >= 4 is 35.2 Å². The highest BCUT2D eigenvalue weighted by Gasteiger charge is 2.16. The summed E-state index contributed by atoms with van der Waals surface area (Å²) in [5.74, 6) is -1.06. The fourth-order valence-electron chi connectivity index (χ4n) is 2.06. The number of urea groups is 1. The normalized spacial score (nSPS) is 10.1. The number of anilines is 1. The van der Waals surface area contributed by atoms with E-state index in [1.54, 1.807) is 17.0 Å². The Labute approximate surface area is 146 Å². The number of hydrogen-bond acceptors (Lipinski definition) is 3. The molecule has 1 aromatic carbocycles. The number of carboxylic acid groups (broad SMARTS) is 1. The molecule has 0 radical (unpaired) electrons. The Balaban J connectivity index is 2.62. The topological polar surface area (TPSA) is 98.7 Å². The summed E-state index contributed by atoms with van der Waals surface area (Å²) >= 11 is 6.14. The number of nitrogens with zero attached hydrogens (tertiary/aromatic N) is 1. The first-order valence-corrected chi connectivity index (χ1v) is 8.12. The molecule has 1 rings (SSSR count). The predicted molar refractivity (Wildman–Crippen MR) is 92.6 cm³/mol. The van der Waals surface area contributed by atoms with Crippen LogP contribution in [0.2, 0.25) is 5.02 Å². The quantitative estimate of drug-likeness (QED) is 0.624. The third kappa shape index (κ3) is 6.08. The minimum absolute atomic E-state index is 0.00568. The Kier molecular flexibility index (Phi) is 8.05. The Morgan fingerprint density at radius 2 is 1.88 bits per heavy atom. The maximum absolute atomic E-state index is 12.3. The molecule has 0 fully saturated rings. The molecule has 0 saturated carbocycles. The van der Waals surface area contributed by atoms with Crippen LogP contribution >= 0.6 is 11.6 Å². The number of carboxylic acids is 1. The van der Waals surface area contributed by atoms with Crippen LogP contribution in [-0.4, -0.2) is 47.5 Å². The summed E-state index contributed by atoms with van der Waals surface area (Å²) in [6.07, 6.45) is 0.342. The van der Waals surface area contributed by atoms with Crippen molar-refractivity contribution in [2.24, 2.45) is 0 Å². The van der Waals surface area contributed by atoms with E-state index in [-0.39, 0.29) is 23.9 Å². The van der Waals surface area contributed by atoms with Gasteiger partial charge in [0.15, 0.2) is 0 Å². The largest absolute Gasteiger partial charge is 0.481 e. The smallest absolute Gasteiger partial charge is 0.319 e. The van der Waals surface area contributed by atoms with Crippen molar-refractivity contribution in [1.82, 2.24) is 10.2 Å². The van der Waals surface area contributed by atoms with Crippen molar-refractivity contribution in [2.75, 3.05) is 25.0 Å². The van der Waals surface area contributed by atoms with Crippen molar-refractivity contribution in [2.45, 2.75) is 26.7 Å². The molecule has 132 valence electrons. The van der Waals surface area contributed by atoms with Gasteiger partial charge in [0.1, 0.15) is 0 Å². The van der Waals surface area contributed by atoms with Crippen LogP contribution in [0.25, 0.3) is 0 Å². The van der Waals surface area contributed by atoms with Gasteiger partial charge in [0, 0.05) is 31.7 Å². The van der Waals surface area contributed by atoms with Crippen LogP contribution in [0.15, 0.2) is 18.2 Å². The third-order valence-electron chi connectivity index (χ3n) is 3.36. The minimum atomic E-state index is -0.905. The van der Waals surface area contributed by atoms with Crippen LogP contribution in [0.1, 0.15) is 37.0 Å². The van der Waals surface area contributed by atoms with E-state index in [0.29, 0.717) is 30.8 Å². The molecule has 0 aromatic heterocycles. The van der Waals surface area contributed by atoms with Gasteiger partial charge in [-0.25, -0.2) is 4.79 Å². The van der Waals surface area contributed by atoms with Crippen LogP contribution in [-0.2, 0) is 4.79 Å². The van der Waals surface area contributed by atoms with Crippen LogP contribution < -0.4 is 10.6 Å². The average molecular weight is 356 g/mol. The van der Waals surface area contributed by atoms with E-state index < -0.39 is 12.0 Å². The van der Waals surface area contributed by atoms with Crippen LogP contribution in [0.4, 0.5) is 10.5 Å². The Morgan fingerprint density at radius 3 is 2.42 bits per heavy atom. The molecule has 0 aliphatic carbocycles. The molecule has 3 amide bonds. The first-order chi connectivity index (χ1) is 11.4. The highest BCUT2D eigenvalue weighted by atomic mass is 35.5. The summed E-state index contributed by atoms with van der Waals surface area (Å²) < 4.78 is 0. The number of nitrogens with one attached hydrogen (secondary N) is 2. The number of carbonyl (C=O) groups excluding carboxylic acids is 2. The maximum atomic E-state index is 12.3. The molecule has 1 aromatic rings. The average Bonchev–Trinajstić information content (AvgIpc) is 2.52. The number of hydrogen-bond donors (Lipinski definition) is 3. The molecule has 0 aliphatic heterocycles. The molecule has 0 unspecified atom stereocenters. The fourth-order valence-corrected chi connectivity index (χ4v) is 2.33. The van der Waals surface area contributed by atoms with E-state index in [9.17, 15) is 14.4 Å². The van der Waals surface area contributed by atoms with Crippen LogP contribution in [0, 0.1) is 0 Å². The van der Waals surface area contributed by atoms with Gasteiger partial charge < -0.3 is 20.6 Å². The highest BCUT2D eigenvalue weighted by molar-refractivity contribution is 6.34. The predicted octanol–water partition coefficient (Wildman–Crippen LogP) is 2.81. The van der Waals surface area contributed by atoms with Gasteiger partial charge in [-0.2, -0.15) is 0 Å². The molecule has 7 nitrogen and oxygen atoms in total. The zero-order valence-electron chi connectivity index (χ0n) is 13.8. The molecule has 0 bridgehead atoms. The lowest BCUT2D eigenvalue weighted by molar-refractivity contribution is -0.137. The molecular formula is C16H22ClN3O4. The van der Waals surface area contributed by atoms with E-state index in [2.05, 4.69) is 10.6 Å². The van der Waals surface area contributed by atoms with E-state index >= 15 is 0 Å². The maximum Gasteiger partial charge on any atom is 0.319 e. The van der Waals surface area contributed by atoms with Gasteiger partial charge in [-0.1, -0.05) is 11.6 Å². The zero-order chi connectivity index (χ0) is 18.1. The fraction of sp³-hybridized carbons (Fsp3) is 0.438. The summed E-state index contributed by atoms with van der Waals surface area (Å²) in [4.78, 5) is 36.0. The molecule has 0 spiro atoms. The van der Waals surface area contributed by atoms with Crippen molar-refractivity contribution in [3.05, 3.63) is 28.8 Å². The lowest BCUT2D eigenvalue weighted by atomic mass is 10.1. The molecule has 0 saturated heterocycles. The standard InChI is InChI=1S/C16H22ClN3O4/c1-3-20(4-2)15(23)12-8-7-11(10-13(12)17)19-16(24)18-9-5-6-14(21)22/h7-8,10H,3-6,9H2,1-2H3,(H,21,22)(H2,18,19,24).